The third kappa shape index (κ3) is 5.01. The lowest BCUT2D eigenvalue weighted by atomic mass is 10.1. The summed E-state index contributed by atoms with van der Waals surface area (Å²) >= 11 is 0. The maximum absolute atomic E-state index is 13.8. The Bertz CT molecular complexity index is 1060. The maximum atomic E-state index is 13.8. The van der Waals surface area contributed by atoms with Gasteiger partial charge in [-0.1, -0.05) is 18.9 Å². The molecule has 174 valence electrons. The number of amides is 1. The number of carbonyl (C=O) groups excluding carboxylic acids is 1. The van der Waals surface area contributed by atoms with Crippen LogP contribution >= 0.6 is 0 Å². The molecule has 0 aromatic heterocycles. The molecule has 0 heterocycles. The molecule has 1 amide bonds. The van der Waals surface area contributed by atoms with Crippen LogP contribution in [-0.4, -0.2) is 53.1 Å². The number of likely N-dealkylation sites (N-methyl/N-ethyl adjacent to an activating group) is 1. The lowest BCUT2D eigenvalue weighted by Crippen LogP contribution is -2.44. The van der Waals surface area contributed by atoms with Gasteiger partial charge in [-0.2, -0.15) is 0 Å². The summed E-state index contributed by atoms with van der Waals surface area (Å²) in [7, 11) is 0.664. The van der Waals surface area contributed by atoms with Gasteiger partial charge < -0.3 is 14.4 Å². The van der Waals surface area contributed by atoms with Crippen LogP contribution in [0, 0.1) is 13.8 Å². The number of ether oxygens (including phenoxy) is 2. The standard InChI is InChI=1S/C24H32N2O5S/c1-17-12-18(2)14-20(13-17)26(16-24(27)25(3)19-8-6-7-9-19)32(28,29)21-10-11-22(30-4)23(15-21)31-5/h10-15,19H,6-9,16H2,1-5H3. The van der Waals surface area contributed by atoms with Gasteiger partial charge in [-0.25, -0.2) is 8.42 Å². The molecule has 32 heavy (non-hydrogen) atoms. The first kappa shape index (κ1) is 23.9. The summed E-state index contributed by atoms with van der Waals surface area (Å²) in [5, 5.41) is 0. The van der Waals surface area contributed by atoms with Crippen LogP contribution in [0.5, 0.6) is 11.5 Å². The van der Waals surface area contributed by atoms with Crippen molar-refractivity contribution in [3.05, 3.63) is 47.5 Å². The van der Waals surface area contributed by atoms with E-state index in [2.05, 4.69) is 0 Å². The number of benzene rings is 2. The van der Waals surface area contributed by atoms with Crippen LogP contribution in [0.2, 0.25) is 0 Å². The van der Waals surface area contributed by atoms with Crippen molar-refractivity contribution in [2.75, 3.05) is 32.1 Å². The summed E-state index contributed by atoms with van der Waals surface area (Å²) in [5.74, 6) is 0.518. The van der Waals surface area contributed by atoms with Crippen LogP contribution in [0.25, 0.3) is 0 Å². The summed E-state index contributed by atoms with van der Waals surface area (Å²) in [6.45, 7) is 3.54. The number of hydrogen-bond donors (Lipinski definition) is 0. The van der Waals surface area contributed by atoms with Crippen LogP contribution < -0.4 is 13.8 Å². The molecule has 0 aliphatic heterocycles. The average molecular weight is 461 g/mol. The van der Waals surface area contributed by atoms with Crippen molar-refractivity contribution < 1.29 is 22.7 Å². The molecule has 2 aromatic carbocycles. The highest BCUT2D eigenvalue weighted by atomic mass is 32.2. The quantitative estimate of drug-likeness (QED) is 0.597. The zero-order valence-corrected chi connectivity index (χ0v) is 20.2. The van der Waals surface area contributed by atoms with Gasteiger partial charge in [0.15, 0.2) is 11.5 Å². The molecule has 0 unspecified atom stereocenters. The minimum Gasteiger partial charge on any atom is -0.493 e. The van der Waals surface area contributed by atoms with Crippen LogP contribution in [0.4, 0.5) is 5.69 Å². The maximum Gasteiger partial charge on any atom is 0.264 e. The van der Waals surface area contributed by atoms with Crippen molar-refractivity contribution >= 4 is 21.6 Å². The van der Waals surface area contributed by atoms with Gasteiger partial charge >= 0.3 is 0 Å². The van der Waals surface area contributed by atoms with Gasteiger partial charge in [0.1, 0.15) is 6.54 Å². The van der Waals surface area contributed by atoms with E-state index in [1.165, 1.54) is 30.7 Å². The number of aryl methyl sites for hydroxylation is 2. The number of rotatable bonds is 8. The molecule has 1 saturated carbocycles. The fourth-order valence-corrected chi connectivity index (χ4v) is 5.66. The van der Waals surface area contributed by atoms with E-state index in [4.69, 9.17) is 9.47 Å². The van der Waals surface area contributed by atoms with Crippen molar-refractivity contribution in [2.45, 2.75) is 50.5 Å². The Balaban J connectivity index is 2.04. The van der Waals surface area contributed by atoms with Gasteiger partial charge in [-0.15, -0.1) is 0 Å². The van der Waals surface area contributed by atoms with Gasteiger partial charge in [-0.05, 0) is 62.1 Å². The third-order valence-corrected chi connectivity index (χ3v) is 7.75. The number of methoxy groups -OCH3 is 2. The van der Waals surface area contributed by atoms with Crippen molar-refractivity contribution in [3.63, 3.8) is 0 Å². The second-order valence-electron chi connectivity index (χ2n) is 8.32. The second kappa shape index (κ2) is 9.81. The smallest absolute Gasteiger partial charge is 0.264 e. The number of hydrogen-bond acceptors (Lipinski definition) is 5. The summed E-state index contributed by atoms with van der Waals surface area (Å²) in [6, 6.07) is 10.1. The van der Waals surface area contributed by atoms with E-state index in [1.54, 1.807) is 30.1 Å². The first-order valence-corrected chi connectivity index (χ1v) is 12.2. The Labute approximate surface area is 191 Å². The Kier molecular flexibility index (Phi) is 7.33. The molecule has 8 heteroatoms. The Morgan fingerprint density at radius 3 is 2.12 bits per heavy atom. The summed E-state index contributed by atoms with van der Waals surface area (Å²) in [5.41, 5.74) is 2.30. The zero-order valence-electron chi connectivity index (χ0n) is 19.4. The predicted octanol–water partition coefficient (Wildman–Crippen LogP) is 3.92. The molecule has 2 aromatic rings. The normalized spacial score (nSPS) is 14.3. The molecular weight excluding hydrogens is 428 g/mol. The highest BCUT2D eigenvalue weighted by Crippen LogP contribution is 2.33. The molecule has 7 nitrogen and oxygen atoms in total. The molecule has 1 aliphatic carbocycles. The van der Waals surface area contributed by atoms with E-state index in [0.717, 1.165) is 36.8 Å². The highest BCUT2D eigenvalue weighted by Gasteiger charge is 2.31. The van der Waals surface area contributed by atoms with E-state index in [1.807, 2.05) is 19.9 Å². The largest absolute Gasteiger partial charge is 0.493 e. The monoisotopic (exact) mass is 460 g/mol. The molecule has 0 spiro atoms. The molecule has 0 saturated heterocycles. The summed E-state index contributed by atoms with van der Waals surface area (Å²) in [4.78, 5) is 14.9. The van der Waals surface area contributed by atoms with Gasteiger partial charge in [0, 0.05) is 19.2 Å². The topological polar surface area (TPSA) is 76.2 Å². The Morgan fingerprint density at radius 2 is 1.56 bits per heavy atom. The SMILES string of the molecule is COc1ccc(S(=O)(=O)N(CC(=O)N(C)C2CCCC2)c2cc(C)cc(C)c2)cc1OC. The number of nitrogens with zero attached hydrogens (tertiary/aromatic N) is 2. The highest BCUT2D eigenvalue weighted by molar-refractivity contribution is 7.92. The number of carbonyl (C=O) groups is 1. The predicted molar refractivity (Wildman–Crippen MR) is 125 cm³/mol. The molecule has 1 fully saturated rings. The number of sulfonamides is 1. The molecular formula is C24H32N2O5S. The van der Waals surface area contributed by atoms with Crippen molar-refractivity contribution in [2.24, 2.45) is 0 Å². The van der Waals surface area contributed by atoms with E-state index in [-0.39, 0.29) is 23.4 Å². The van der Waals surface area contributed by atoms with Crippen molar-refractivity contribution in [1.82, 2.24) is 4.90 Å². The average Bonchev–Trinajstić information content (AvgIpc) is 3.30. The Morgan fingerprint density at radius 1 is 0.969 bits per heavy atom. The van der Waals surface area contributed by atoms with Gasteiger partial charge in [-0.3, -0.25) is 9.10 Å². The van der Waals surface area contributed by atoms with Crippen LogP contribution in [0.3, 0.4) is 0 Å². The van der Waals surface area contributed by atoms with Crippen LogP contribution in [0.1, 0.15) is 36.8 Å². The number of anilines is 1. The van der Waals surface area contributed by atoms with Gasteiger partial charge in [0.05, 0.1) is 24.8 Å². The van der Waals surface area contributed by atoms with Gasteiger partial charge in [0.25, 0.3) is 10.0 Å². The van der Waals surface area contributed by atoms with Crippen LogP contribution in [-0.2, 0) is 14.8 Å². The minimum absolute atomic E-state index is 0.0330. The van der Waals surface area contributed by atoms with Crippen molar-refractivity contribution in [3.8, 4) is 11.5 Å². The lowest BCUT2D eigenvalue weighted by Gasteiger charge is -2.30. The fraction of sp³-hybridized carbons (Fsp3) is 0.458. The minimum atomic E-state index is -4.05. The Hall–Kier alpha value is -2.74. The van der Waals surface area contributed by atoms with E-state index >= 15 is 0 Å². The molecule has 1 aliphatic rings. The van der Waals surface area contributed by atoms with Crippen LogP contribution in [0.15, 0.2) is 41.3 Å². The second-order valence-corrected chi connectivity index (χ2v) is 10.2. The molecule has 0 radical (unpaired) electrons. The summed E-state index contributed by atoms with van der Waals surface area (Å²) in [6.07, 6.45) is 4.09. The van der Waals surface area contributed by atoms with E-state index < -0.39 is 10.0 Å². The van der Waals surface area contributed by atoms with Crippen molar-refractivity contribution in [1.29, 1.82) is 0 Å². The third-order valence-electron chi connectivity index (χ3n) is 5.98. The first-order valence-electron chi connectivity index (χ1n) is 10.8. The molecule has 0 N–H and O–H groups in total. The fourth-order valence-electron chi connectivity index (χ4n) is 4.24. The molecule has 3 rings (SSSR count). The van der Waals surface area contributed by atoms with E-state index in [9.17, 15) is 13.2 Å². The molecule has 0 atom stereocenters. The van der Waals surface area contributed by atoms with E-state index in [0.29, 0.717) is 17.2 Å². The summed E-state index contributed by atoms with van der Waals surface area (Å²) < 4.78 is 39.3. The van der Waals surface area contributed by atoms with Gasteiger partial charge in [0.2, 0.25) is 5.91 Å². The molecule has 0 bridgehead atoms. The lowest BCUT2D eigenvalue weighted by molar-refractivity contribution is -0.130. The first-order chi connectivity index (χ1) is 15.2. The zero-order chi connectivity index (χ0) is 23.5.